The zero-order chi connectivity index (χ0) is 10.6. The van der Waals surface area contributed by atoms with Crippen LogP contribution in [0.1, 0.15) is 13.8 Å². The van der Waals surface area contributed by atoms with Gasteiger partial charge in [0.15, 0.2) is 0 Å². The van der Waals surface area contributed by atoms with Crippen molar-refractivity contribution in [1.29, 1.82) is 0 Å². The highest BCUT2D eigenvalue weighted by atomic mass is 19.4. The standard InChI is InChI=1S/C7H13F3N2O/c1-3-12(4-7(8,9)10)6(13)5(2)11/h5H,3-4,11H2,1-2H3/t5-/m0/s1. The van der Waals surface area contributed by atoms with E-state index in [-0.39, 0.29) is 6.54 Å². The van der Waals surface area contributed by atoms with Crippen molar-refractivity contribution in [2.24, 2.45) is 5.73 Å². The number of carbonyl (C=O) groups excluding carboxylic acids is 1. The minimum atomic E-state index is -4.36. The van der Waals surface area contributed by atoms with E-state index in [1.165, 1.54) is 13.8 Å². The first-order chi connectivity index (χ1) is 5.78. The number of alkyl halides is 3. The molecule has 0 saturated heterocycles. The van der Waals surface area contributed by atoms with Crippen LogP contribution in [0.5, 0.6) is 0 Å². The predicted molar refractivity (Wildman–Crippen MR) is 42.0 cm³/mol. The van der Waals surface area contributed by atoms with Gasteiger partial charge in [-0.2, -0.15) is 13.2 Å². The third kappa shape index (κ3) is 4.72. The Morgan fingerprint density at radius 1 is 1.54 bits per heavy atom. The summed E-state index contributed by atoms with van der Waals surface area (Å²) >= 11 is 0. The van der Waals surface area contributed by atoms with Crippen LogP contribution in [-0.4, -0.2) is 36.1 Å². The Kier molecular flexibility index (Phi) is 4.19. The highest BCUT2D eigenvalue weighted by molar-refractivity contribution is 5.81. The largest absolute Gasteiger partial charge is 0.406 e. The minimum Gasteiger partial charge on any atom is -0.333 e. The minimum absolute atomic E-state index is 0.0138. The molecule has 0 spiro atoms. The average Bonchev–Trinajstić information content (AvgIpc) is 1.97. The van der Waals surface area contributed by atoms with Gasteiger partial charge in [-0.1, -0.05) is 0 Å². The molecule has 0 saturated carbocycles. The summed E-state index contributed by atoms with van der Waals surface area (Å²) in [4.78, 5) is 11.7. The van der Waals surface area contributed by atoms with Crippen molar-refractivity contribution in [3.63, 3.8) is 0 Å². The van der Waals surface area contributed by atoms with Crippen LogP contribution in [0, 0.1) is 0 Å². The molecule has 0 aliphatic rings. The number of rotatable bonds is 3. The lowest BCUT2D eigenvalue weighted by Gasteiger charge is -2.23. The fraction of sp³-hybridized carbons (Fsp3) is 0.857. The Balaban J connectivity index is 4.27. The van der Waals surface area contributed by atoms with Crippen LogP contribution in [-0.2, 0) is 4.79 Å². The van der Waals surface area contributed by atoms with Gasteiger partial charge in [0.1, 0.15) is 6.54 Å². The van der Waals surface area contributed by atoms with Crippen LogP contribution in [0.15, 0.2) is 0 Å². The first-order valence-electron chi connectivity index (χ1n) is 3.89. The van der Waals surface area contributed by atoms with Gasteiger partial charge < -0.3 is 10.6 Å². The maximum absolute atomic E-state index is 11.9. The molecule has 2 N–H and O–H groups in total. The van der Waals surface area contributed by atoms with Gasteiger partial charge in [-0.05, 0) is 13.8 Å². The molecular formula is C7H13F3N2O. The number of halogens is 3. The molecule has 1 atom stereocenters. The van der Waals surface area contributed by atoms with E-state index in [2.05, 4.69) is 0 Å². The van der Waals surface area contributed by atoms with Crippen LogP contribution in [0.4, 0.5) is 13.2 Å². The van der Waals surface area contributed by atoms with Crippen molar-refractivity contribution in [2.45, 2.75) is 26.1 Å². The molecule has 0 radical (unpaired) electrons. The Bertz CT molecular complexity index is 179. The van der Waals surface area contributed by atoms with Crippen LogP contribution in [0.3, 0.4) is 0 Å². The lowest BCUT2D eigenvalue weighted by Crippen LogP contribution is -2.46. The smallest absolute Gasteiger partial charge is 0.333 e. The summed E-state index contributed by atoms with van der Waals surface area (Å²) in [6.07, 6.45) is -4.36. The number of likely N-dealkylation sites (N-methyl/N-ethyl adjacent to an activating group) is 1. The summed E-state index contributed by atoms with van der Waals surface area (Å²) < 4.78 is 35.6. The SMILES string of the molecule is CCN(CC(F)(F)F)C(=O)[C@H](C)N. The molecule has 0 fully saturated rings. The molecule has 13 heavy (non-hydrogen) atoms. The Hall–Kier alpha value is -0.780. The molecule has 6 heteroatoms. The fourth-order valence-electron chi connectivity index (χ4n) is 0.850. The van der Waals surface area contributed by atoms with Gasteiger partial charge in [0.2, 0.25) is 5.91 Å². The molecule has 3 nitrogen and oxygen atoms in total. The van der Waals surface area contributed by atoms with Gasteiger partial charge in [-0.15, -0.1) is 0 Å². The summed E-state index contributed by atoms with van der Waals surface area (Å²) in [7, 11) is 0. The summed E-state index contributed by atoms with van der Waals surface area (Å²) in [5.41, 5.74) is 5.17. The van der Waals surface area contributed by atoms with Crippen molar-refractivity contribution in [3.05, 3.63) is 0 Å². The summed E-state index contributed by atoms with van der Waals surface area (Å²) in [5, 5.41) is 0. The molecule has 0 bridgehead atoms. The van der Waals surface area contributed by atoms with Crippen molar-refractivity contribution < 1.29 is 18.0 Å². The third-order valence-electron chi connectivity index (χ3n) is 1.45. The van der Waals surface area contributed by atoms with E-state index in [9.17, 15) is 18.0 Å². The highest BCUT2D eigenvalue weighted by Crippen LogP contribution is 2.16. The zero-order valence-corrected chi connectivity index (χ0v) is 7.56. The number of amides is 1. The third-order valence-corrected chi connectivity index (χ3v) is 1.45. The predicted octanol–water partition coefficient (Wildman–Crippen LogP) is 0.744. The molecule has 1 amide bonds. The Morgan fingerprint density at radius 2 is 2.00 bits per heavy atom. The first-order valence-corrected chi connectivity index (χ1v) is 3.89. The van der Waals surface area contributed by atoms with E-state index in [0.717, 1.165) is 0 Å². The topological polar surface area (TPSA) is 46.3 Å². The second-order valence-corrected chi connectivity index (χ2v) is 2.76. The van der Waals surface area contributed by atoms with E-state index in [4.69, 9.17) is 5.73 Å². The second-order valence-electron chi connectivity index (χ2n) is 2.76. The Morgan fingerprint density at radius 3 is 2.23 bits per heavy atom. The summed E-state index contributed by atoms with van der Waals surface area (Å²) in [6, 6.07) is -0.887. The molecule has 0 heterocycles. The van der Waals surface area contributed by atoms with E-state index in [0.29, 0.717) is 4.90 Å². The number of nitrogens with zero attached hydrogens (tertiary/aromatic N) is 1. The zero-order valence-electron chi connectivity index (χ0n) is 7.56. The summed E-state index contributed by atoms with van der Waals surface area (Å²) in [5.74, 6) is -0.681. The van der Waals surface area contributed by atoms with Crippen LogP contribution < -0.4 is 5.73 Å². The summed E-state index contributed by atoms with van der Waals surface area (Å²) in [6.45, 7) is 1.62. The normalized spacial score (nSPS) is 14.0. The van der Waals surface area contributed by atoms with Crippen molar-refractivity contribution in [1.82, 2.24) is 4.90 Å². The van der Waals surface area contributed by atoms with Gasteiger partial charge in [0.05, 0.1) is 6.04 Å². The Labute approximate surface area is 74.7 Å². The van der Waals surface area contributed by atoms with Gasteiger partial charge in [0.25, 0.3) is 0 Å². The van der Waals surface area contributed by atoms with E-state index in [1.807, 2.05) is 0 Å². The second kappa shape index (κ2) is 4.45. The molecule has 0 aromatic rings. The van der Waals surface area contributed by atoms with E-state index < -0.39 is 24.7 Å². The average molecular weight is 198 g/mol. The molecule has 78 valence electrons. The molecule has 0 aliphatic heterocycles. The molecule has 0 unspecified atom stereocenters. The van der Waals surface area contributed by atoms with Gasteiger partial charge in [-0.25, -0.2) is 0 Å². The molecule has 0 aliphatic carbocycles. The first kappa shape index (κ1) is 12.2. The van der Waals surface area contributed by atoms with Gasteiger partial charge >= 0.3 is 6.18 Å². The lowest BCUT2D eigenvalue weighted by atomic mass is 10.3. The monoisotopic (exact) mass is 198 g/mol. The lowest BCUT2D eigenvalue weighted by molar-refractivity contribution is -0.161. The number of hydrogen-bond donors (Lipinski definition) is 1. The highest BCUT2D eigenvalue weighted by Gasteiger charge is 2.32. The number of nitrogens with two attached hydrogens (primary N) is 1. The van der Waals surface area contributed by atoms with Crippen molar-refractivity contribution in [3.8, 4) is 0 Å². The van der Waals surface area contributed by atoms with Gasteiger partial charge in [0, 0.05) is 6.54 Å². The quantitative estimate of drug-likeness (QED) is 0.727. The van der Waals surface area contributed by atoms with E-state index in [1.54, 1.807) is 0 Å². The maximum Gasteiger partial charge on any atom is 0.406 e. The molecule has 0 aromatic carbocycles. The maximum atomic E-state index is 11.9. The fourth-order valence-corrected chi connectivity index (χ4v) is 0.850. The van der Waals surface area contributed by atoms with Crippen LogP contribution in [0.2, 0.25) is 0 Å². The van der Waals surface area contributed by atoms with Crippen molar-refractivity contribution >= 4 is 5.91 Å². The van der Waals surface area contributed by atoms with Crippen LogP contribution in [0.25, 0.3) is 0 Å². The van der Waals surface area contributed by atoms with Crippen LogP contribution >= 0.6 is 0 Å². The molecular weight excluding hydrogens is 185 g/mol. The molecule has 0 aromatic heterocycles. The van der Waals surface area contributed by atoms with Gasteiger partial charge in [-0.3, -0.25) is 4.79 Å². The van der Waals surface area contributed by atoms with E-state index >= 15 is 0 Å². The van der Waals surface area contributed by atoms with Crippen molar-refractivity contribution in [2.75, 3.05) is 13.1 Å². The number of carbonyl (C=O) groups is 1. The molecule has 0 rings (SSSR count). The number of hydrogen-bond acceptors (Lipinski definition) is 2.